The molecule has 108 valence electrons. The summed E-state index contributed by atoms with van der Waals surface area (Å²) in [5.74, 6) is 1.91. The number of likely N-dealkylation sites (tertiary alicyclic amines) is 1. The van der Waals surface area contributed by atoms with Crippen molar-refractivity contribution < 1.29 is 34.3 Å². The van der Waals surface area contributed by atoms with Crippen molar-refractivity contribution in [2.24, 2.45) is 5.92 Å². The summed E-state index contributed by atoms with van der Waals surface area (Å²) >= 11 is 0. The second kappa shape index (κ2) is 5.88. The molecule has 4 rings (SSSR count). The molecule has 0 unspecified atom stereocenters. The van der Waals surface area contributed by atoms with E-state index in [1.54, 1.807) is 18.2 Å². The van der Waals surface area contributed by atoms with Gasteiger partial charge in [0.2, 0.25) is 0 Å². The number of hydrogen-bond donors (Lipinski definition) is 0. The van der Waals surface area contributed by atoms with Crippen LogP contribution in [0, 0.1) is 5.92 Å². The second-order valence-electron chi connectivity index (χ2n) is 7.03. The first-order chi connectivity index (χ1) is 9.74. The summed E-state index contributed by atoms with van der Waals surface area (Å²) in [6, 6.07) is 7.60. The third-order valence-corrected chi connectivity index (χ3v) is 6.32. The first-order valence-corrected chi connectivity index (χ1v) is 8.12. The van der Waals surface area contributed by atoms with E-state index < -0.39 is 0 Å². The van der Waals surface area contributed by atoms with Crippen LogP contribution in [0.1, 0.15) is 43.2 Å². The molecule has 1 aromatic carbocycles. The second-order valence-corrected chi connectivity index (χ2v) is 7.03. The van der Waals surface area contributed by atoms with Crippen LogP contribution in [0.15, 0.2) is 18.2 Å². The van der Waals surface area contributed by atoms with Crippen molar-refractivity contribution in [3.8, 4) is 5.75 Å². The number of piperidine rings is 1. The van der Waals surface area contributed by atoms with Gasteiger partial charge in [0.05, 0.1) is 7.11 Å². The van der Waals surface area contributed by atoms with Gasteiger partial charge in [-0.05, 0) is 68.5 Å². The number of hydrogen-bond acceptors (Lipinski definition) is 2. The van der Waals surface area contributed by atoms with Crippen LogP contribution in [0.3, 0.4) is 0 Å². The van der Waals surface area contributed by atoms with E-state index in [0.29, 0.717) is 5.41 Å². The predicted molar refractivity (Wildman–Crippen MR) is 81.4 cm³/mol. The standard InChI is InChI=1S/C18H25NO.Na/c1-19-10-9-18-8-4-3-5-15(18)17(19)11-13-6-7-14(20-2)12-16(13)18;/h6-7,12,15,17H,3-5,8-11H2,1-2H3;/q;+1/t15-,17-,18-;/m1./s1. The van der Waals surface area contributed by atoms with Crippen LogP contribution in [0.25, 0.3) is 0 Å². The van der Waals surface area contributed by atoms with Gasteiger partial charge in [-0.15, -0.1) is 0 Å². The Hall–Kier alpha value is -0.0200. The summed E-state index contributed by atoms with van der Waals surface area (Å²) in [4.78, 5) is 2.63. The zero-order chi connectivity index (χ0) is 13.7. The van der Waals surface area contributed by atoms with E-state index in [4.69, 9.17) is 4.74 Å². The van der Waals surface area contributed by atoms with Gasteiger partial charge in [0.1, 0.15) is 5.75 Å². The largest absolute Gasteiger partial charge is 1.00 e. The molecule has 0 aromatic heterocycles. The summed E-state index contributed by atoms with van der Waals surface area (Å²) in [6.07, 6.45) is 8.22. The van der Waals surface area contributed by atoms with Crippen molar-refractivity contribution in [3.05, 3.63) is 29.3 Å². The zero-order valence-corrected chi connectivity index (χ0v) is 15.7. The summed E-state index contributed by atoms with van der Waals surface area (Å²) in [5, 5.41) is 0. The van der Waals surface area contributed by atoms with Crippen LogP contribution < -0.4 is 34.3 Å². The first-order valence-electron chi connectivity index (χ1n) is 8.12. The van der Waals surface area contributed by atoms with E-state index in [9.17, 15) is 0 Å². The van der Waals surface area contributed by atoms with Gasteiger partial charge in [-0.3, -0.25) is 0 Å². The molecule has 3 heteroatoms. The van der Waals surface area contributed by atoms with Crippen molar-refractivity contribution in [2.45, 2.75) is 50.0 Å². The van der Waals surface area contributed by atoms with E-state index in [1.165, 1.54) is 45.1 Å². The molecule has 1 aliphatic heterocycles. The topological polar surface area (TPSA) is 12.5 Å². The molecule has 1 saturated carbocycles. The maximum atomic E-state index is 5.51. The van der Waals surface area contributed by atoms with Crippen LogP contribution in [-0.4, -0.2) is 31.6 Å². The third kappa shape index (κ3) is 2.30. The molecule has 0 spiro atoms. The molecule has 1 heterocycles. The summed E-state index contributed by atoms with van der Waals surface area (Å²) < 4.78 is 5.51. The maximum absolute atomic E-state index is 5.51. The minimum absolute atomic E-state index is 0. The van der Waals surface area contributed by atoms with E-state index in [1.807, 2.05) is 0 Å². The molecule has 0 radical (unpaired) electrons. The van der Waals surface area contributed by atoms with E-state index in [2.05, 4.69) is 30.1 Å². The van der Waals surface area contributed by atoms with Crippen molar-refractivity contribution in [2.75, 3.05) is 20.7 Å². The molecular weight excluding hydrogens is 269 g/mol. The van der Waals surface area contributed by atoms with Gasteiger partial charge in [0.25, 0.3) is 0 Å². The molecular formula is C18H25NNaO+. The van der Waals surface area contributed by atoms with Gasteiger partial charge in [0, 0.05) is 11.5 Å². The number of rotatable bonds is 1. The molecule has 2 fully saturated rings. The Labute approximate surface area is 150 Å². The van der Waals surface area contributed by atoms with Crippen molar-refractivity contribution in [1.82, 2.24) is 4.90 Å². The number of fused-ring (bicyclic) bond motifs is 1. The Morgan fingerprint density at radius 1 is 1.24 bits per heavy atom. The minimum Gasteiger partial charge on any atom is -0.497 e. The maximum Gasteiger partial charge on any atom is 1.00 e. The van der Waals surface area contributed by atoms with Gasteiger partial charge < -0.3 is 9.64 Å². The van der Waals surface area contributed by atoms with Gasteiger partial charge in [0.15, 0.2) is 0 Å². The van der Waals surface area contributed by atoms with Crippen LogP contribution in [0.2, 0.25) is 0 Å². The van der Waals surface area contributed by atoms with E-state index in [0.717, 1.165) is 17.7 Å². The monoisotopic (exact) mass is 294 g/mol. The number of benzene rings is 1. The quantitative estimate of drug-likeness (QED) is 0.695. The van der Waals surface area contributed by atoms with Crippen molar-refractivity contribution in [1.29, 1.82) is 0 Å². The summed E-state index contributed by atoms with van der Waals surface area (Å²) in [7, 11) is 4.12. The molecule has 0 amide bonds. The Morgan fingerprint density at radius 2 is 2.10 bits per heavy atom. The smallest absolute Gasteiger partial charge is 0.497 e. The molecule has 21 heavy (non-hydrogen) atoms. The average Bonchev–Trinajstić information content (AvgIpc) is 2.50. The zero-order valence-electron chi connectivity index (χ0n) is 13.7. The number of nitrogens with zero attached hydrogens (tertiary/aromatic N) is 1. The van der Waals surface area contributed by atoms with Crippen LogP contribution >= 0.6 is 0 Å². The third-order valence-electron chi connectivity index (χ3n) is 6.32. The fourth-order valence-electron chi connectivity index (χ4n) is 5.30. The molecule has 1 saturated heterocycles. The Kier molecular flexibility index (Phi) is 4.44. The minimum atomic E-state index is 0. The van der Waals surface area contributed by atoms with Crippen molar-refractivity contribution in [3.63, 3.8) is 0 Å². The normalized spacial score (nSPS) is 34.4. The SMILES string of the molecule is COc1ccc2c(c1)[C@@]13CCCC[C@@H]1[C@@H](C2)N(C)CC3.[Na+]. The molecule has 3 atom stereocenters. The first kappa shape index (κ1) is 15.9. The molecule has 3 aliphatic rings. The number of methoxy groups -OCH3 is 1. The number of likely N-dealkylation sites (N-methyl/N-ethyl adjacent to an activating group) is 1. The van der Waals surface area contributed by atoms with Gasteiger partial charge in [-0.1, -0.05) is 18.9 Å². The summed E-state index contributed by atoms with van der Waals surface area (Å²) in [6.45, 7) is 1.26. The summed E-state index contributed by atoms with van der Waals surface area (Å²) in [5.41, 5.74) is 3.67. The van der Waals surface area contributed by atoms with Gasteiger partial charge in [-0.25, -0.2) is 0 Å². The molecule has 2 aliphatic carbocycles. The van der Waals surface area contributed by atoms with E-state index >= 15 is 0 Å². The molecule has 2 bridgehead atoms. The molecule has 0 N–H and O–H groups in total. The van der Waals surface area contributed by atoms with Crippen LogP contribution in [-0.2, 0) is 11.8 Å². The van der Waals surface area contributed by atoms with E-state index in [-0.39, 0.29) is 29.6 Å². The predicted octanol–water partition coefficient (Wildman–Crippen LogP) is 0.387. The molecule has 2 nitrogen and oxygen atoms in total. The van der Waals surface area contributed by atoms with Crippen LogP contribution in [0.5, 0.6) is 5.75 Å². The van der Waals surface area contributed by atoms with Crippen LogP contribution in [0.4, 0.5) is 0 Å². The Morgan fingerprint density at radius 3 is 2.90 bits per heavy atom. The fraction of sp³-hybridized carbons (Fsp3) is 0.667. The molecule has 1 aromatic rings. The average molecular weight is 294 g/mol. The van der Waals surface area contributed by atoms with Gasteiger partial charge in [-0.2, -0.15) is 0 Å². The number of ether oxygens (including phenoxy) is 1. The van der Waals surface area contributed by atoms with Crippen molar-refractivity contribution >= 4 is 0 Å². The van der Waals surface area contributed by atoms with Gasteiger partial charge >= 0.3 is 29.6 Å². The Balaban J connectivity index is 0.00000132. The fourth-order valence-corrected chi connectivity index (χ4v) is 5.30. The Bertz CT molecular complexity index is 532.